The Hall–Kier alpha value is -3.47. The summed E-state index contributed by atoms with van der Waals surface area (Å²) < 4.78 is 4.99. The monoisotopic (exact) mass is 494 g/mol. The third-order valence-corrected chi connectivity index (χ3v) is 5.41. The number of Topliss-reactive ketones (excluding diaryl/α,β-unsaturated/α-hetero) is 1. The fourth-order valence-corrected chi connectivity index (χ4v) is 3.21. The number of benzene rings is 1. The standard InChI is InChI=1S/C24H34N2O9/c1-4-5-6-12-26-20(28)17(25-13-11-24(2,3)19(27)23(33)34)14-15-7-9-16(10-8-15)35-18(21(29)30)22(31)32/h7-10,17-18,25H,4-6,11-14H2,1-3H3,(H,26,28)(H,29,30)(H,31,32)(H,33,34). The molecular weight excluding hydrogens is 460 g/mol. The van der Waals surface area contributed by atoms with Crippen LogP contribution in [0.1, 0.15) is 52.0 Å². The molecule has 0 aliphatic carbocycles. The van der Waals surface area contributed by atoms with Crippen molar-refractivity contribution in [2.45, 2.75) is 65.0 Å². The number of carbonyl (C=O) groups is 5. The van der Waals surface area contributed by atoms with Gasteiger partial charge in [0.2, 0.25) is 11.7 Å². The van der Waals surface area contributed by atoms with Crippen molar-refractivity contribution in [2.24, 2.45) is 5.41 Å². The molecule has 1 atom stereocenters. The van der Waals surface area contributed by atoms with Crippen LogP contribution in [0.5, 0.6) is 5.75 Å². The second-order valence-corrected chi connectivity index (χ2v) is 8.80. The summed E-state index contributed by atoms with van der Waals surface area (Å²) in [5.74, 6) is -5.87. The lowest BCUT2D eigenvalue weighted by atomic mass is 9.84. The van der Waals surface area contributed by atoms with E-state index < -0.39 is 41.3 Å². The van der Waals surface area contributed by atoms with E-state index in [9.17, 15) is 24.0 Å². The summed E-state index contributed by atoms with van der Waals surface area (Å²) in [6.07, 6.45) is 1.21. The van der Waals surface area contributed by atoms with Crippen molar-refractivity contribution in [3.8, 4) is 5.75 Å². The highest BCUT2D eigenvalue weighted by atomic mass is 16.5. The predicted molar refractivity (Wildman–Crippen MR) is 125 cm³/mol. The van der Waals surface area contributed by atoms with Gasteiger partial charge in [-0.2, -0.15) is 0 Å². The average molecular weight is 495 g/mol. The lowest BCUT2D eigenvalue weighted by Gasteiger charge is -2.24. The molecule has 1 rings (SSSR count). The second-order valence-electron chi connectivity index (χ2n) is 8.80. The van der Waals surface area contributed by atoms with E-state index in [1.807, 2.05) is 0 Å². The van der Waals surface area contributed by atoms with Gasteiger partial charge in [-0.1, -0.05) is 45.7 Å². The molecule has 0 aliphatic rings. The lowest BCUT2D eigenvalue weighted by Crippen LogP contribution is -2.47. The van der Waals surface area contributed by atoms with Gasteiger partial charge >= 0.3 is 17.9 Å². The molecule has 0 saturated carbocycles. The molecule has 0 aromatic heterocycles. The van der Waals surface area contributed by atoms with Crippen molar-refractivity contribution in [3.05, 3.63) is 29.8 Å². The zero-order valence-corrected chi connectivity index (χ0v) is 20.2. The van der Waals surface area contributed by atoms with E-state index in [2.05, 4.69) is 17.6 Å². The van der Waals surface area contributed by atoms with E-state index in [1.54, 1.807) is 12.1 Å². The van der Waals surface area contributed by atoms with Crippen LogP contribution >= 0.6 is 0 Å². The Morgan fingerprint density at radius 3 is 2.06 bits per heavy atom. The van der Waals surface area contributed by atoms with Crippen molar-refractivity contribution in [1.82, 2.24) is 10.6 Å². The summed E-state index contributed by atoms with van der Waals surface area (Å²) in [7, 11) is 0. The normalized spacial score (nSPS) is 12.1. The smallest absolute Gasteiger partial charge is 0.372 e. The first kappa shape index (κ1) is 29.6. The van der Waals surface area contributed by atoms with E-state index in [0.29, 0.717) is 12.1 Å². The zero-order chi connectivity index (χ0) is 26.6. The highest BCUT2D eigenvalue weighted by Crippen LogP contribution is 2.21. The molecule has 0 bridgehead atoms. The number of carboxylic acid groups (broad SMARTS) is 3. The van der Waals surface area contributed by atoms with Crippen LogP contribution in [0.4, 0.5) is 0 Å². The number of nitrogens with one attached hydrogen (secondary N) is 2. The minimum Gasteiger partial charge on any atom is -0.478 e. The Morgan fingerprint density at radius 2 is 1.54 bits per heavy atom. The van der Waals surface area contributed by atoms with E-state index >= 15 is 0 Å². The summed E-state index contributed by atoms with van der Waals surface area (Å²) in [6.45, 7) is 5.84. The molecule has 0 fully saturated rings. The fraction of sp³-hybridized carbons (Fsp3) is 0.542. The van der Waals surface area contributed by atoms with Crippen molar-refractivity contribution in [1.29, 1.82) is 0 Å². The lowest BCUT2D eigenvalue weighted by molar-refractivity contribution is -0.159. The van der Waals surface area contributed by atoms with E-state index in [-0.39, 0.29) is 31.0 Å². The molecule has 0 heterocycles. The number of amides is 1. The summed E-state index contributed by atoms with van der Waals surface area (Å²) in [6, 6.07) is 5.34. The largest absolute Gasteiger partial charge is 0.478 e. The zero-order valence-electron chi connectivity index (χ0n) is 20.2. The Morgan fingerprint density at radius 1 is 0.943 bits per heavy atom. The molecule has 0 radical (unpaired) electrons. The molecule has 0 aliphatic heterocycles. The molecule has 11 nitrogen and oxygen atoms in total. The number of carboxylic acids is 3. The van der Waals surface area contributed by atoms with Gasteiger partial charge in [0, 0.05) is 12.0 Å². The maximum atomic E-state index is 12.8. The Kier molecular flexibility index (Phi) is 11.9. The van der Waals surface area contributed by atoms with Gasteiger partial charge in [-0.3, -0.25) is 9.59 Å². The number of ketones is 1. The van der Waals surface area contributed by atoms with Gasteiger partial charge in [-0.15, -0.1) is 0 Å². The van der Waals surface area contributed by atoms with Crippen LogP contribution in [-0.2, 0) is 30.4 Å². The summed E-state index contributed by atoms with van der Waals surface area (Å²) in [4.78, 5) is 57.7. The number of carbonyl (C=O) groups excluding carboxylic acids is 2. The molecule has 35 heavy (non-hydrogen) atoms. The summed E-state index contributed by atoms with van der Waals surface area (Å²) in [5.41, 5.74) is -0.410. The molecule has 1 aromatic carbocycles. The average Bonchev–Trinajstić information content (AvgIpc) is 2.79. The molecule has 1 aromatic rings. The van der Waals surface area contributed by atoms with Gasteiger partial charge in [-0.25, -0.2) is 14.4 Å². The number of rotatable bonds is 17. The number of aliphatic carboxylic acids is 3. The van der Waals surface area contributed by atoms with Crippen LogP contribution in [0.2, 0.25) is 0 Å². The van der Waals surface area contributed by atoms with Crippen molar-refractivity contribution in [2.75, 3.05) is 13.1 Å². The highest BCUT2D eigenvalue weighted by Gasteiger charge is 2.33. The van der Waals surface area contributed by atoms with E-state index in [0.717, 1.165) is 19.3 Å². The highest BCUT2D eigenvalue weighted by molar-refractivity contribution is 6.34. The van der Waals surface area contributed by atoms with Crippen LogP contribution in [0.3, 0.4) is 0 Å². The van der Waals surface area contributed by atoms with Crippen LogP contribution in [0.25, 0.3) is 0 Å². The van der Waals surface area contributed by atoms with Crippen LogP contribution in [0, 0.1) is 5.41 Å². The number of hydrogen-bond acceptors (Lipinski definition) is 7. The Balaban J connectivity index is 2.88. The quantitative estimate of drug-likeness (QED) is 0.121. The Labute approximate surface area is 203 Å². The maximum absolute atomic E-state index is 12.8. The van der Waals surface area contributed by atoms with Crippen LogP contribution < -0.4 is 15.4 Å². The first-order valence-electron chi connectivity index (χ1n) is 11.4. The number of hydrogen-bond donors (Lipinski definition) is 5. The van der Waals surface area contributed by atoms with Gasteiger partial charge in [0.15, 0.2) is 0 Å². The van der Waals surface area contributed by atoms with E-state index in [4.69, 9.17) is 20.1 Å². The first-order chi connectivity index (χ1) is 16.4. The van der Waals surface area contributed by atoms with Gasteiger partial charge in [0.1, 0.15) is 5.75 Å². The van der Waals surface area contributed by atoms with Gasteiger partial charge in [0.05, 0.1) is 6.04 Å². The minimum atomic E-state index is -2.04. The second kappa shape index (κ2) is 14.1. The fourth-order valence-electron chi connectivity index (χ4n) is 3.21. The summed E-state index contributed by atoms with van der Waals surface area (Å²) in [5, 5.41) is 32.8. The van der Waals surface area contributed by atoms with Crippen LogP contribution in [-0.4, -0.2) is 70.2 Å². The van der Waals surface area contributed by atoms with Crippen LogP contribution in [0.15, 0.2) is 24.3 Å². The molecular formula is C24H34N2O9. The van der Waals surface area contributed by atoms with Gasteiger partial charge in [0.25, 0.3) is 6.10 Å². The van der Waals surface area contributed by atoms with E-state index in [1.165, 1.54) is 26.0 Å². The molecule has 1 unspecified atom stereocenters. The molecule has 11 heteroatoms. The predicted octanol–water partition coefficient (Wildman–Crippen LogP) is 1.48. The van der Waals surface area contributed by atoms with Crippen molar-refractivity contribution in [3.63, 3.8) is 0 Å². The molecule has 1 amide bonds. The molecule has 0 saturated heterocycles. The molecule has 0 spiro atoms. The first-order valence-corrected chi connectivity index (χ1v) is 11.4. The minimum absolute atomic E-state index is 0.0472. The molecule has 5 N–H and O–H groups in total. The topological polar surface area (TPSA) is 179 Å². The molecule has 194 valence electrons. The van der Waals surface area contributed by atoms with Crippen molar-refractivity contribution >= 4 is 29.6 Å². The van der Waals surface area contributed by atoms with Gasteiger partial charge < -0.3 is 30.7 Å². The SMILES string of the molecule is CCCCCNC(=O)C(Cc1ccc(OC(C(=O)O)C(=O)O)cc1)NCCC(C)(C)C(=O)C(=O)O. The van der Waals surface area contributed by atoms with Crippen molar-refractivity contribution < 1.29 is 44.0 Å². The third-order valence-electron chi connectivity index (χ3n) is 5.41. The van der Waals surface area contributed by atoms with Gasteiger partial charge in [-0.05, 0) is 43.5 Å². The number of ether oxygens (including phenoxy) is 1. The maximum Gasteiger partial charge on any atom is 0.372 e. The summed E-state index contributed by atoms with van der Waals surface area (Å²) >= 11 is 0. The third kappa shape index (κ3) is 10.1. The number of unbranched alkanes of at least 4 members (excludes halogenated alkanes) is 2. The Bertz CT molecular complexity index is 883.